The zero-order valence-electron chi connectivity index (χ0n) is 7.53. The highest BCUT2D eigenvalue weighted by atomic mass is 32.2. The predicted molar refractivity (Wildman–Crippen MR) is 55.4 cm³/mol. The first kappa shape index (κ1) is 9.39. The number of hydrogen-bond acceptors (Lipinski definition) is 3. The Morgan fingerprint density at radius 2 is 2.42 bits per heavy atom. The maximum absolute atomic E-state index is 4.06. The summed E-state index contributed by atoms with van der Waals surface area (Å²) in [5, 5.41) is 0. The molecule has 1 aromatic heterocycles. The Kier molecular flexibility index (Phi) is 3.94. The molecule has 3 heteroatoms. The summed E-state index contributed by atoms with van der Waals surface area (Å²) in [5.74, 6) is 1.16. The predicted octanol–water partition coefficient (Wildman–Crippen LogP) is 2.58. The van der Waals surface area contributed by atoms with Crippen molar-refractivity contribution in [3.8, 4) is 0 Å². The van der Waals surface area contributed by atoms with Crippen LogP contribution in [0.15, 0.2) is 24.5 Å². The largest absolute Gasteiger partial charge is 0.318 e. The van der Waals surface area contributed by atoms with Crippen molar-refractivity contribution in [2.45, 2.75) is 13.3 Å². The molecule has 0 unspecified atom stereocenters. The van der Waals surface area contributed by atoms with Gasteiger partial charge in [0.05, 0.1) is 11.9 Å². The van der Waals surface area contributed by atoms with Crippen LogP contribution in [0.25, 0.3) is 0 Å². The normalized spacial score (nSPS) is 9.83. The molecule has 0 aliphatic carbocycles. The summed E-state index contributed by atoms with van der Waals surface area (Å²) in [6.45, 7) is 2.18. The number of rotatable bonds is 4. The van der Waals surface area contributed by atoms with E-state index in [1.165, 1.54) is 6.42 Å². The lowest BCUT2D eigenvalue weighted by Crippen LogP contribution is -2.07. The summed E-state index contributed by atoms with van der Waals surface area (Å²) in [6.07, 6.45) is 4.87. The third-order valence-electron chi connectivity index (χ3n) is 1.50. The van der Waals surface area contributed by atoms with E-state index in [4.69, 9.17) is 0 Å². The Morgan fingerprint density at radius 1 is 1.58 bits per heavy atom. The second-order valence-electron chi connectivity index (χ2n) is 2.54. The highest BCUT2D eigenvalue weighted by Crippen LogP contribution is 2.18. The van der Waals surface area contributed by atoms with E-state index in [2.05, 4.69) is 29.3 Å². The van der Waals surface area contributed by atoms with Gasteiger partial charge in [-0.25, -0.2) is 0 Å². The van der Waals surface area contributed by atoms with E-state index in [9.17, 15) is 0 Å². The second kappa shape index (κ2) is 5.04. The summed E-state index contributed by atoms with van der Waals surface area (Å²) in [5.41, 5.74) is 1.16. The van der Waals surface area contributed by atoms with E-state index in [0.717, 1.165) is 11.4 Å². The summed E-state index contributed by atoms with van der Waals surface area (Å²) in [7, 11) is 2.07. The van der Waals surface area contributed by atoms with Gasteiger partial charge in [-0.2, -0.15) is 0 Å². The Balaban J connectivity index is 2.48. The first-order valence-corrected chi connectivity index (χ1v) is 5.05. The van der Waals surface area contributed by atoms with Crippen molar-refractivity contribution >= 4 is 17.6 Å². The molecule has 1 rings (SSSR count). The molecule has 0 N–H and O–H groups in total. The minimum Gasteiger partial charge on any atom is -0.318 e. The fraction of sp³-hybridized carbons (Fsp3) is 0.444. The Bertz CT molecular complexity index is 213. The van der Waals surface area contributed by atoms with Gasteiger partial charge in [-0.1, -0.05) is 18.9 Å². The van der Waals surface area contributed by atoms with Crippen molar-refractivity contribution in [1.82, 2.24) is 4.98 Å². The first-order chi connectivity index (χ1) is 5.84. The summed E-state index contributed by atoms with van der Waals surface area (Å²) >= 11 is 1.82. The Morgan fingerprint density at radius 3 is 3.00 bits per heavy atom. The SMILES string of the molecule is CCCSN(C)c1cccnc1. The summed E-state index contributed by atoms with van der Waals surface area (Å²) in [4.78, 5) is 4.06. The number of aromatic nitrogens is 1. The van der Waals surface area contributed by atoms with Crippen LogP contribution in [0, 0.1) is 0 Å². The van der Waals surface area contributed by atoms with E-state index in [-0.39, 0.29) is 0 Å². The molecule has 0 saturated carbocycles. The van der Waals surface area contributed by atoms with Gasteiger partial charge in [0, 0.05) is 19.0 Å². The van der Waals surface area contributed by atoms with Crippen LogP contribution >= 0.6 is 11.9 Å². The first-order valence-electron chi connectivity index (χ1n) is 4.11. The molecule has 0 aromatic carbocycles. The van der Waals surface area contributed by atoms with Crippen LogP contribution in [0.2, 0.25) is 0 Å². The van der Waals surface area contributed by atoms with Gasteiger partial charge in [0.2, 0.25) is 0 Å². The molecule has 1 heterocycles. The molecular weight excluding hydrogens is 168 g/mol. The van der Waals surface area contributed by atoms with Gasteiger partial charge in [-0.15, -0.1) is 0 Å². The maximum atomic E-state index is 4.06. The average Bonchev–Trinajstić information content (AvgIpc) is 2.15. The monoisotopic (exact) mass is 182 g/mol. The van der Waals surface area contributed by atoms with Crippen LogP contribution in [0.1, 0.15) is 13.3 Å². The van der Waals surface area contributed by atoms with Crippen LogP contribution < -0.4 is 4.31 Å². The topological polar surface area (TPSA) is 16.1 Å². The van der Waals surface area contributed by atoms with Crippen molar-refractivity contribution in [3.63, 3.8) is 0 Å². The fourth-order valence-electron chi connectivity index (χ4n) is 0.843. The Hall–Kier alpha value is -0.700. The molecule has 0 fully saturated rings. The van der Waals surface area contributed by atoms with Crippen molar-refractivity contribution in [2.75, 3.05) is 17.1 Å². The lowest BCUT2D eigenvalue weighted by atomic mass is 10.4. The van der Waals surface area contributed by atoms with Crippen LogP contribution in [-0.4, -0.2) is 17.8 Å². The molecule has 2 nitrogen and oxygen atoms in total. The molecule has 66 valence electrons. The molecule has 0 amide bonds. The molecule has 0 bridgehead atoms. The maximum Gasteiger partial charge on any atom is 0.0649 e. The molecule has 1 aromatic rings. The zero-order valence-corrected chi connectivity index (χ0v) is 8.34. The van der Waals surface area contributed by atoms with Crippen LogP contribution in [0.5, 0.6) is 0 Å². The van der Waals surface area contributed by atoms with Gasteiger partial charge >= 0.3 is 0 Å². The van der Waals surface area contributed by atoms with E-state index >= 15 is 0 Å². The standard InChI is InChI=1S/C9H14N2S/c1-3-7-12-11(2)9-5-4-6-10-8-9/h4-6,8H,3,7H2,1-2H3. The van der Waals surface area contributed by atoms with Crippen LogP contribution in [0.4, 0.5) is 5.69 Å². The van der Waals surface area contributed by atoms with Crippen LogP contribution in [0.3, 0.4) is 0 Å². The third-order valence-corrected chi connectivity index (χ3v) is 2.69. The van der Waals surface area contributed by atoms with Crippen molar-refractivity contribution in [3.05, 3.63) is 24.5 Å². The number of pyridine rings is 1. The average molecular weight is 182 g/mol. The quantitative estimate of drug-likeness (QED) is 0.666. The molecule has 12 heavy (non-hydrogen) atoms. The van der Waals surface area contributed by atoms with Gasteiger partial charge in [0.25, 0.3) is 0 Å². The Labute approximate surface area is 78.1 Å². The number of anilines is 1. The summed E-state index contributed by atoms with van der Waals surface area (Å²) in [6, 6.07) is 4.02. The van der Waals surface area contributed by atoms with Gasteiger partial charge in [0.1, 0.15) is 0 Å². The van der Waals surface area contributed by atoms with E-state index in [1.807, 2.05) is 24.2 Å². The van der Waals surface area contributed by atoms with Crippen LogP contribution in [-0.2, 0) is 0 Å². The molecule has 0 aliphatic rings. The van der Waals surface area contributed by atoms with Gasteiger partial charge in [-0.3, -0.25) is 4.98 Å². The lowest BCUT2D eigenvalue weighted by molar-refractivity contribution is 1.10. The number of hydrogen-bond donors (Lipinski definition) is 0. The van der Waals surface area contributed by atoms with E-state index in [1.54, 1.807) is 6.20 Å². The molecule has 0 spiro atoms. The van der Waals surface area contributed by atoms with Gasteiger partial charge < -0.3 is 4.31 Å². The third kappa shape index (κ3) is 2.74. The van der Waals surface area contributed by atoms with E-state index < -0.39 is 0 Å². The molecule has 0 saturated heterocycles. The molecule has 0 aliphatic heterocycles. The molecule has 0 radical (unpaired) electrons. The van der Waals surface area contributed by atoms with Crippen molar-refractivity contribution in [2.24, 2.45) is 0 Å². The number of nitrogens with zero attached hydrogens (tertiary/aromatic N) is 2. The smallest absolute Gasteiger partial charge is 0.0649 e. The van der Waals surface area contributed by atoms with Crippen molar-refractivity contribution in [1.29, 1.82) is 0 Å². The highest BCUT2D eigenvalue weighted by Gasteiger charge is 1.98. The molecule has 0 atom stereocenters. The van der Waals surface area contributed by atoms with E-state index in [0.29, 0.717) is 0 Å². The second-order valence-corrected chi connectivity index (χ2v) is 3.76. The van der Waals surface area contributed by atoms with Crippen molar-refractivity contribution < 1.29 is 0 Å². The fourth-order valence-corrected chi connectivity index (χ4v) is 1.56. The minimum absolute atomic E-state index is 1.16. The highest BCUT2D eigenvalue weighted by molar-refractivity contribution is 8.00. The van der Waals surface area contributed by atoms with Gasteiger partial charge in [0.15, 0.2) is 0 Å². The molecular formula is C9H14N2S. The zero-order chi connectivity index (χ0) is 8.81. The summed E-state index contributed by atoms with van der Waals surface area (Å²) < 4.78 is 2.15. The van der Waals surface area contributed by atoms with Gasteiger partial charge in [-0.05, 0) is 18.6 Å². The lowest BCUT2D eigenvalue weighted by Gasteiger charge is -2.16. The minimum atomic E-state index is 1.16.